The summed E-state index contributed by atoms with van der Waals surface area (Å²) in [6.45, 7) is 3.33. The van der Waals surface area contributed by atoms with Gasteiger partial charge in [0.2, 0.25) is 0 Å². The predicted octanol–water partition coefficient (Wildman–Crippen LogP) is 0.421. The van der Waals surface area contributed by atoms with E-state index in [1.54, 1.807) is 0 Å². The molecule has 5 nitrogen and oxygen atoms in total. The van der Waals surface area contributed by atoms with Gasteiger partial charge in [0.1, 0.15) is 47.9 Å². The summed E-state index contributed by atoms with van der Waals surface area (Å²) >= 11 is 0. The van der Waals surface area contributed by atoms with Crippen LogP contribution in [-0.2, 0) is 14.4 Å². The van der Waals surface area contributed by atoms with Crippen molar-refractivity contribution in [1.29, 1.82) is 0 Å². The van der Waals surface area contributed by atoms with Gasteiger partial charge in [-0.15, -0.1) is 9.29 Å². The zero-order valence-electron chi connectivity index (χ0n) is 11.2. The molecule has 1 heterocycles. The number of hydrogen-bond acceptors (Lipinski definition) is 3. The molecule has 1 aliphatic heterocycles. The Morgan fingerprint density at radius 2 is 1.81 bits per heavy atom. The highest BCUT2D eigenvalue weighted by Gasteiger charge is 2.27. The maximum absolute atomic E-state index is 5.86. The van der Waals surface area contributed by atoms with E-state index in [9.17, 15) is 0 Å². The van der Waals surface area contributed by atoms with Gasteiger partial charge in [0.15, 0.2) is 0 Å². The third-order valence-corrected chi connectivity index (χ3v) is 2.16. The Labute approximate surface area is 98.6 Å². The molecule has 1 saturated heterocycles. The van der Waals surface area contributed by atoms with Gasteiger partial charge < -0.3 is 9.47 Å². The van der Waals surface area contributed by atoms with E-state index in [4.69, 9.17) is 14.4 Å². The van der Waals surface area contributed by atoms with Crippen LogP contribution in [0.4, 0.5) is 0 Å². The average molecular weight is 234 g/mol. The van der Waals surface area contributed by atoms with E-state index < -0.39 is 0 Å². The van der Waals surface area contributed by atoms with Crippen LogP contribution < -0.4 is 0 Å². The quantitative estimate of drug-likeness (QED) is 0.264. The van der Waals surface area contributed by atoms with E-state index in [0.717, 1.165) is 32.8 Å². The van der Waals surface area contributed by atoms with Gasteiger partial charge in [-0.1, -0.05) is 0 Å². The Kier molecular flexibility index (Phi) is 4.70. The topological polar surface area (TPSA) is 31.0 Å². The molecule has 0 amide bonds. The summed E-state index contributed by atoms with van der Waals surface area (Å²) in [5.41, 5.74) is 0. The van der Waals surface area contributed by atoms with Gasteiger partial charge in [0, 0.05) is 6.42 Å². The summed E-state index contributed by atoms with van der Waals surface area (Å²) in [5.74, 6) is 0. The van der Waals surface area contributed by atoms with Crippen LogP contribution >= 0.6 is 0 Å². The highest BCUT2D eigenvalue weighted by molar-refractivity contribution is 4.66. The second-order valence-electron chi connectivity index (χ2n) is 5.65. The molecular formula is C11H26N2O3+2. The number of quaternary nitrogens is 2. The van der Waals surface area contributed by atoms with Crippen molar-refractivity contribution in [3.8, 4) is 0 Å². The van der Waals surface area contributed by atoms with Crippen LogP contribution in [0.3, 0.4) is 0 Å². The third-order valence-electron chi connectivity index (χ3n) is 2.16. The molecule has 0 saturated carbocycles. The molecule has 96 valence electrons. The Morgan fingerprint density at radius 3 is 2.31 bits per heavy atom. The third kappa shape index (κ3) is 7.14. The number of hydroxylamine groups is 6. The fraction of sp³-hybridized carbons (Fsp3) is 1.00. The molecule has 1 unspecified atom stereocenters. The smallest absolute Gasteiger partial charge is 0.116 e. The van der Waals surface area contributed by atoms with E-state index in [2.05, 4.69) is 14.1 Å². The SMILES string of the molecule is C[N+](C)(C)O[N+](C)(C)CCCOCC1CO1. The lowest BCUT2D eigenvalue weighted by Gasteiger charge is -2.31. The standard InChI is InChI=1S/C11H26N2O3/c1-12(2,3)16-13(4,5)7-6-8-14-9-11-10-15-11/h11H,6-10H2,1-5H3/q+2. The van der Waals surface area contributed by atoms with Crippen molar-refractivity contribution in [2.75, 3.05) is 61.6 Å². The first-order valence-corrected chi connectivity index (χ1v) is 5.84. The molecule has 0 N–H and O–H groups in total. The van der Waals surface area contributed by atoms with Gasteiger partial charge in [-0.2, -0.15) is 0 Å². The molecule has 5 heteroatoms. The highest BCUT2D eigenvalue weighted by atomic mass is 16.9. The first-order chi connectivity index (χ1) is 7.29. The summed E-state index contributed by atoms with van der Waals surface area (Å²) in [6.07, 6.45) is 1.37. The van der Waals surface area contributed by atoms with Gasteiger partial charge in [0.25, 0.3) is 0 Å². The van der Waals surface area contributed by atoms with E-state index in [0.29, 0.717) is 15.4 Å². The predicted molar refractivity (Wildman–Crippen MR) is 61.3 cm³/mol. The first kappa shape index (κ1) is 13.9. The minimum atomic E-state index is 0.366. The fourth-order valence-electron chi connectivity index (χ4n) is 1.63. The first-order valence-electron chi connectivity index (χ1n) is 5.84. The van der Waals surface area contributed by atoms with Crippen molar-refractivity contribution in [1.82, 2.24) is 0 Å². The Morgan fingerprint density at radius 1 is 1.19 bits per heavy atom. The van der Waals surface area contributed by atoms with Crippen molar-refractivity contribution in [3.63, 3.8) is 0 Å². The van der Waals surface area contributed by atoms with Crippen LogP contribution in [0.5, 0.6) is 0 Å². The van der Waals surface area contributed by atoms with Gasteiger partial charge in [-0.05, 0) is 4.94 Å². The van der Waals surface area contributed by atoms with Crippen LogP contribution in [0.2, 0.25) is 0 Å². The molecule has 0 aliphatic carbocycles. The van der Waals surface area contributed by atoms with Crippen LogP contribution in [0.25, 0.3) is 0 Å². The number of ether oxygens (including phenoxy) is 2. The Bertz CT molecular complexity index is 210. The van der Waals surface area contributed by atoms with E-state index in [1.165, 1.54) is 0 Å². The molecule has 0 spiro atoms. The lowest BCUT2D eigenvalue weighted by Crippen LogP contribution is -2.51. The van der Waals surface area contributed by atoms with E-state index in [-0.39, 0.29) is 0 Å². The van der Waals surface area contributed by atoms with Crippen molar-refractivity contribution >= 4 is 0 Å². The van der Waals surface area contributed by atoms with E-state index in [1.807, 2.05) is 21.1 Å². The van der Waals surface area contributed by atoms with E-state index >= 15 is 0 Å². The summed E-state index contributed by atoms with van der Waals surface area (Å²) in [5, 5.41) is 0. The number of hydrogen-bond donors (Lipinski definition) is 0. The van der Waals surface area contributed by atoms with Crippen molar-refractivity contribution in [3.05, 3.63) is 0 Å². The van der Waals surface area contributed by atoms with Crippen molar-refractivity contribution in [2.24, 2.45) is 0 Å². The van der Waals surface area contributed by atoms with Crippen LogP contribution in [0.1, 0.15) is 6.42 Å². The largest absolute Gasteiger partial charge is 0.378 e. The molecule has 0 aromatic carbocycles. The number of nitrogens with zero attached hydrogens (tertiary/aromatic N) is 2. The summed E-state index contributed by atoms with van der Waals surface area (Å²) < 4.78 is 11.6. The minimum Gasteiger partial charge on any atom is -0.378 e. The molecule has 1 rings (SSSR count). The average Bonchev–Trinajstić information content (AvgIpc) is 2.82. The van der Waals surface area contributed by atoms with Crippen LogP contribution in [0, 0.1) is 0 Å². The van der Waals surface area contributed by atoms with Crippen LogP contribution in [-0.4, -0.2) is 77.0 Å². The molecular weight excluding hydrogens is 208 g/mol. The normalized spacial score (nSPS) is 21.2. The maximum Gasteiger partial charge on any atom is 0.116 e. The molecule has 0 aromatic rings. The summed E-state index contributed by atoms with van der Waals surface area (Å²) in [4.78, 5) is 5.86. The zero-order chi connectivity index (χ0) is 12.2. The Hall–Kier alpha value is -0.200. The second-order valence-corrected chi connectivity index (χ2v) is 5.65. The van der Waals surface area contributed by atoms with Crippen molar-refractivity contribution in [2.45, 2.75) is 12.5 Å². The van der Waals surface area contributed by atoms with Gasteiger partial charge >= 0.3 is 0 Å². The lowest BCUT2D eigenvalue weighted by atomic mass is 10.4. The second kappa shape index (κ2) is 5.42. The molecule has 0 bridgehead atoms. The number of rotatable bonds is 8. The molecule has 1 atom stereocenters. The summed E-state index contributed by atoms with van der Waals surface area (Å²) in [7, 11) is 10.2. The molecule has 1 aliphatic rings. The molecule has 1 fully saturated rings. The number of epoxide rings is 1. The fourth-order valence-corrected chi connectivity index (χ4v) is 1.63. The monoisotopic (exact) mass is 234 g/mol. The van der Waals surface area contributed by atoms with Crippen molar-refractivity contribution < 1.29 is 23.7 Å². The van der Waals surface area contributed by atoms with Gasteiger partial charge in [0.05, 0.1) is 19.8 Å². The molecule has 16 heavy (non-hydrogen) atoms. The van der Waals surface area contributed by atoms with Crippen LogP contribution in [0.15, 0.2) is 0 Å². The van der Waals surface area contributed by atoms with Gasteiger partial charge in [-0.25, -0.2) is 0 Å². The molecule has 0 radical (unpaired) electrons. The Balaban J connectivity index is 2.04. The molecule has 0 aromatic heterocycles. The van der Waals surface area contributed by atoms with Gasteiger partial charge in [-0.3, -0.25) is 0 Å². The summed E-state index contributed by atoms with van der Waals surface area (Å²) in [6, 6.07) is 0. The zero-order valence-corrected chi connectivity index (χ0v) is 11.2. The highest BCUT2D eigenvalue weighted by Crippen LogP contribution is 2.10. The maximum atomic E-state index is 5.86. The lowest BCUT2D eigenvalue weighted by molar-refractivity contribution is -1.32. The minimum absolute atomic E-state index is 0.366.